The van der Waals surface area contributed by atoms with E-state index in [1.54, 1.807) is 11.3 Å². The van der Waals surface area contributed by atoms with E-state index in [2.05, 4.69) is 36.3 Å². The Hall–Kier alpha value is -1.73. The number of hydrogen-bond acceptors (Lipinski definition) is 6. The second kappa shape index (κ2) is 8.52. The molecule has 27 heavy (non-hydrogen) atoms. The lowest BCUT2D eigenvalue weighted by molar-refractivity contribution is -0.122. The molecule has 2 atom stereocenters. The number of nitrogens with one attached hydrogen (secondary N) is 2. The number of carbonyl (C=O) groups is 1. The zero-order valence-corrected chi connectivity index (χ0v) is 17.9. The van der Waals surface area contributed by atoms with Crippen LogP contribution >= 0.6 is 11.3 Å². The molecule has 3 rings (SSSR count). The highest BCUT2D eigenvalue weighted by Crippen LogP contribution is 2.33. The first-order valence-corrected chi connectivity index (χ1v) is 10.8. The molecule has 1 saturated heterocycles. The zero-order valence-electron chi connectivity index (χ0n) is 17.1. The van der Waals surface area contributed by atoms with Crippen LogP contribution in [0.5, 0.6) is 0 Å². The number of hydrogen-bond donors (Lipinski definition) is 2. The summed E-state index contributed by atoms with van der Waals surface area (Å²) in [6.45, 7) is 13.2. The number of likely N-dealkylation sites (tertiary alicyclic amines) is 1. The molecular weight excluding hydrogens is 358 g/mol. The molecule has 148 valence electrons. The Kier molecular flexibility index (Phi) is 6.32. The average Bonchev–Trinajstić information content (AvgIpc) is 3.23. The summed E-state index contributed by atoms with van der Waals surface area (Å²) in [6.07, 6.45) is 3.41. The van der Waals surface area contributed by atoms with Gasteiger partial charge in [-0.2, -0.15) is 0 Å². The van der Waals surface area contributed by atoms with E-state index >= 15 is 0 Å². The smallest absolute Gasteiger partial charge is 0.242 e. The average molecular weight is 390 g/mol. The van der Waals surface area contributed by atoms with Crippen molar-refractivity contribution in [3.63, 3.8) is 0 Å². The minimum atomic E-state index is -0.351. The van der Waals surface area contributed by atoms with E-state index < -0.39 is 0 Å². The Morgan fingerprint density at radius 3 is 2.59 bits per heavy atom. The number of amides is 1. The third-order valence-electron chi connectivity index (χ3n) is 5.39. The Labute approximate surface area is 165 Å². The van der Waals surface area contributed by atoms with Gasteiger partial charge < -0.3 is 10.6 Å². The largest absolute Gasteiger partial charge is 0.358 e. The van der Waals surface area contributed by atoms with Crippen LogP contribution < -0.4 is 10.6 Å². The minimum Gasteiger partial charge on any atom is -0.358 e. The van der Waals surface area contributed by atoms with Crippen LogP contribution in [0.15, 0.2) is 0 Å². The van der Waals surface area contributed by atoms with Gasteiger partial charge in [0.15, 0.2) is 0 Å². The van der Waals surface area contributed by atoms with Gasteiger partial charge in [0.2, 0.25) is 5.91 Å². The van der Waals surface area contributed by atoms with Gasteiger partial charge in [-0.15, -0.1) is 11.3 Å². The fourth-order valence-electron chi connectivity index (χ4n) is 3.35. The summed E-state index contributed by atoms with van der Waals surface area (Å²) in [7, 11) is 0. The summed E-state index contributed by atoms with van der Waals surface area (Å²) in [6, 6.07) is -0.181. The summed E-state index contributed by atoms with van der Waals surface area (Å²) in [5, 5.41) is 7.45. The van der Waals surface area contributed by atoms with E-state index in [9.17, 15) is 4.79 Å². The molecule has 0 bridgehead atoms. The molecule has 1 aliphatic heterocycles. The first-order chi connectivity index (χ1) is 12.9. The number of rotatable bonds is 7. The molecule has 6 nitrogen and oxygen atoms in total. The summed E-state index contributed by atoms with van der Waals surface area (Å²) < 4.78 is 0. The van der Waals surface area contributed by atoms with Gasteiger partial charge in [0, 0.05) is 10.9 Å². The van der Waals surface area contributed by atoms with Crippen LogP contribution in [0.25, 0.3) is 10.2 Å². The van der Waals surface area contributed by atoms with Gasteiger partial charge in [-0.25, -0.2) is 9.97 Å². The Morgan fingerprint density at radius 2 is 1.93 bits per heavy atom. The molecule has 0 saturated carbocycles. The first-order valence-electron chi connectivity index (χ1n) is 9.95. The Bertz CT molecular complexity index is 812. The van der Waals surface area contributed by atoms with Crippen molar-refractivity contribution in [2.24, 2.45) is 0 Å². The zero-order chi connectivity index (χ0) is 19.6. The molecule has 2 aromatic heterocycles. The molecule has 2 N–H and O–H groups in total. The van der Waals surface area contributed by atoms with Crippen molar-refractivity contribution in [1.29, 1.82) is 0 Å². The molecule has 0 spiro atoms. The summed E-state index contributed by atoms with van der Waals surface area (Å²) in [5.74, 6) is 1.62. The van der Waals surface area contributed by atoms with Gasteiger partial charge in [0.05, 0.1) is 11.9 Å². The van der Waals surface area contributed by atoms with Gasteiger partial charge in [-0.3, -0.25) is 9.69 Å². The van der Waals surface area contributed by atoms with Crippen molar-refractivity contribution in [2.75, 3.05) is 18.4 Å². The standard InChI is InChI=1S/C20H31N5OS/c1-6-12(2)21-19(26)14(4)22-18-17-13(3)15(5)27-20(17)24-16(23-18)11-25-9-7-8-10-25/h12,14H,6-11H2,1-5H3,(H,21,26)(H,22,23,24). The van der Waals surface area contributed by atoms with E-state index in [0.29, 0.717) is 0 Å². The number of nitrogens with zero attached hydrogens (tertiary/aromatic N) is 3. The third kappa shape index (κ3) is 4.58. The number of fused-ring (bicyclic) bond motifs is 1. The Morgan fingerprint density at radius 1 is 1.22 bits per heavy atom. The van der Waals surface area contributed by atoms with E-state index in [1.165, 1.54) is 23.3 Å². The number of aryl methyl sites for hydroxylation is 2. The molecule has 0 radical (unpaired) electrons. The van der Waals surface area contributed by atoms with Gasteiger partial charge in [-0.1, -0.05) is 6.92 Å². The van der Waals surface area contributed by atoms with Crippen molar-refractivity contribution in [3.05, 3.63) is 16.3 Å². The van der Waals surface area contributed by atoms with Crippen molar-refractivity contribution >= 4 is 33.3 Å². The highest BCUT2D eigenvalue weighted by molar-refractivity contribution is 7.18. The molecule has 1 fully saturated rings. The second-order valence-corrected chi connectivity index (χ2v) is 8.82. The van der Waals surface area contributed by atoms with Crippen LogP contribution in [-0.4, -0.2) is 45.9 Å². The maximum absolute atomic E-state index is 12.5. The predicted molar refractivity (Wildman–Crippen MR) is 112 cm³/mol. The van der Waals surface area contributed by atoms with Crippen LogP contribution in [0.4, 0.5) is 5.82 Å². The van der Waals surface area contributed by atoms with Crippen molar-refractivity contribution in [2.45, 2.75) is 72.5 Å². The van der Waals surface area contributed by atoms with Crippen LogP contribution in [0.2, 0.25) is 0 Å². The van der Waals surface area contributed by atoms with Crippen molar-refractivity contribution in [1.82, 2.24) is 20.2 Å². The lowest BCUT2D eigenvalue weighted by Crippen LogP contribution is -2.42. The highest BCUT2D eigenvalue weighted by Gasteiger charge is 2.21. The van der Waals surface area contributed by atoms with Crippen LogP contribution in [-0.2, 0) is 11.3 Å². The molecule has 1 aliphatic rings. The fraction of sp³-hybridized carbons (Fsp3) is 0.650. The van der Waals surface area contributed by atoms with E-state index in [-0.39, 0.29) is 18.0 Å². The second-order valence-electron chi connectivity index (χ2n) is 7.62. The summed E-state index contributed by atoms with van der Waals surface area (Å²) in [5.41, 5.74) is 1.19. The van der Waals surface area contributed by atoms with Crippen molar-refractivity contribution < 1.29 is 4.79 Å². The molecule has 0 aliphatic carbocycles. The monoisotopic (exact) mass is 389 g/mol. The number of thiophene rings is 1. The molecule has 2 unspecified atom stereocenters. The number of aromatic nitrogens is 2. The quantitative estimate of drug-likeness (QED) is 0.757. The molecule has 0 aromatic carbocycles. The van der Waals surface area contributed by atoms with Crippen LogP contribution in [0.1, 0.15) is 56.3 Å². The van der Waals surface area contributed by atoms with Crippen LogP contribution in [0.3, 0.4) is 0 Å². The van der Waals surface area contributed by atoms with Gasteiger partial charge in [-0.05, 0) is 65.6 Å². The van der Waals surface area contributed by atoms with E-state index in [1.807, 2.05) is 13.8 Å². The highest BCUT2D eigenvalue weighted by atomic mass is 32.1. The van der Waals surface area contributed by atoms with E-state index in [4.69, 9.17) is 9.97 Å². The molecule has 3 heterocycles. The summed E-state index contributed by atoms with van der Waals surface area (Å²) >= 11 is 1.70. The van der Waals surface area contributed by atoms with Crippen molar-refractivity contribution in [3.8, 4) is 0 Å². The maximum atomic E-state index is 12.5. The lowest BCUT2D eigenvalue weighted by atomic mass is 10.2. The third-order valence-corrected chi connectivity index (χ3v) is 6.49. The van der Waals surface area contributed by atoms with E-state index in [0.717, 1.165) is 47.9 Å². The first kappa shape index (κ1) is 20.0. The lowest BCUT2D eigenvalue weighted by Gasteiger charge is -2.19. The molecular formula is C20H31N5OS. The summed E-state index contributed by atoms with van der Waals surface area (Å²) in [4.78, 5) is 26.8. The normalized spacial score (nSPS) is 17.2. The van der Waals surface area contributed by atoms with Gasteiger partial charge in [0.25, 0.3) is 0 Å². The van der Waals surface area contributed by atoms with Gasteiger partial charge in [0.1, 0.15) is 22.5 Å². The van der Waals surface area contributed by atoms with Crippen LogP contribution in [0, 0.1) is 13.8 Å². The minimum absolute atomic E-state index is 0.00168. The maximum Gasteiger partial charge on any atom is 0.242 e. The topological polar surface area (TPSA) is 70.2 Å². The SMILES string of the molecule is CCC(C)NC(=O)C(C)Nc1nc(CN2CCCC2)nc2sc(C)c(C)c12. The van der Waals surface area contributed by atoms with Gasteiger partial charge >= 0.3 is 0 Å². The Balaban J connectivity index is 1.88. The predicted octanol–water partition coefficient (Wildman–Crippen LogP) is 3.62. The fourth-order valence-corrected chi connectivity index (χ4v) is 4.40. The molecule has 7 heteroatoms. The molecule has 2 aromatic rings. The number of anilines is 1. The molecule has 1 amide bonds. The number of carbonyl (C=O) groups excluding carboxylic acids is 1.